The molecule has 10 aromatic rings. The van der Waals surface area contributed by atoms with E-state index in [2.05, 4.69) is 320 Å². The van der Waals surface area contributed by atoms with Gasteiger partial charge >= 0.3 is 0 Å². The molecule has 5 aliphatic rings. The first kappa shape index (κ1) is 49.2. The molecule has 0 spiro atoms. The van der Waals surface area contributed by atoms with Crippen LogP contribution < -0.4 is 19.6 Å². The minimum absolute atomic E-state index is 0.195. The summed E-state index contributed by atoms with van der Waals surface area (Å²) in [6, 6.07) is 84.6. The minimum atomic E-state index is -0.195. The number of anilines is 11. The molecule has 3 unspecified atom stereocenters. The Hall–Kier alpha value is -9.90. The third-order valence-electron chi connectivity index (χ3n) is 17.9. The summed E-state index contributed by atoms with van der Waals surface area (Å²) in [5.74, 6) is 0.593. The van der Waals surface area contributed by atoms with Gasteiger partial charge in [0.25, 0.3) is 0 Å². The molecule has 0 bridgehead atoms. The number of benzene rings is 10. The highest BCUT2D eigenvalue weighted by molar-refractivity contribution is 6.03. The number of allylic oxidation sites excluding steroid dienone is 8. The number of nitrogens with zero attached hydrogens (tertiary/aromatic N) is 4. The predicted octanol–water partition coefficient (Wildman–Crippen LogP) is 21.2. The summed E-state index contributed by atoms with van der Waals surface area (Å²) in [6.45, 7) is 11.7. The summed E-state index contributed by atoms with van der Waals surface area (Å²) in [7, 11) is 0. The minimum Gasteiger partial charge on any atom is -0.331 e. The standard InChI is InChI=1S/C78H62N4/c1-5-55(48-56-37-40-60-50-63(41-44-65(60)52(56)2)81-74-28-16-12-24-70(74)79(61-20-8-6-9-21-61)71-25-13-17-29-75(71)81)58-39-38-57-46-53(34-36-59(57)49-58)32-33-54-35-43-66-67-45-42-64(51-69(67)78(3,4)68(66)47-54)82-76-30-18-14-26-72(76)80(62-22-10-7-11-23-62)73-27-15-19-31-77(73)82/h5-49,51,60,63,65H,2,50H2,1,3-4H3/b33-32+,55-5+,56-48-. The van der Waals surface area contributed by atoms with Crippen molar-refractivity contribution in [2.45, 2.75) is 38.6 Å². The van der Waals surface area contributed by atoms with E-state index in [0.29, 0.717) is 5.92 Å². The Morgan fingerprint density at radius 1 is 0.463 bits per heavy atom. The van der Waals surface area contributed by atoms with Gasteiger partial charge in [-0.05, 0) is 189 Å². The second-order valence-electron chi connectivity index (χ2n) is 22.9. The molecule has 3 atom stereocenters. The third kappa shape index (κ3) is 8.11. The maximum atomic E-state index is 4.76. The lowest BCUT2D eigenvalue weighted by atomic mass is 9.71. The van der Waals surface area contributed by atoms with Crippen LogP contribution in [0.5, 0.6) is 0 Å². The van der Waals surface area contributed by atoms with Crippen LogP contribution in [0.1, 0.15) is 55.0 Å². The Morgan fingerprint density at radius 3 is 1.52 bits per heavy atom. The fraction of sp³-hybridized carbons (Fsp3) is 0.103. The second kappa shape index (κ2) is 19.7. The molecule has 82 heavy (non-hydrogen) atoms. The molecule has 4 heteroatoms. The van der Waals surface area contributed by atoms with E-state index in [-0.39, 0.29) is 17.4 Å². The summed E-state index contributed by atoms with van der Waals surface area (Å²) in [4.78, 5) is 9.79. The summed E-state index contributed by atoms with van der Waals surface area (Å²) in [5.41, 5.74) is 25.2. The maximum absolute atomic E-state index is 4.76. The van der Waals surface area contributed by atoms with Crippen molar-refractivity contribution in [3.05, 3.63) is 313 Å². The summed E-state index contributed by atoms with van der Waals surface area (Å²) >= 11 is 0. The van der Waals surface area contributed by atoms with Crippen LogP contribution in [0.3, 0.4) is 0 Å². The molecule has 394 valence electrons. The quantitative estimate of drug-likeness (QED) is 0.111. The number of hydrogen-bond donors (Lipinski definition) is 0. The van der Waals surface area contributed by atoms with Gasteiger partial charge in [0, 0.05) is 28.4 Å². The van der Waals surface area contributed by atoms with E-state index in [1.54, 1.807) is 0 Å². The Bertz CT molecular complexity index is 4270. The molecule has 0 radical (unpaired) electrons. The molecule has 0 aromatic heterocycles. The van der Waals surface area contributed by atoms with Crippen molar-refractivity contribution in [3.8, 4) is 11.1 Å². The van der Waals surface area contributed by atoms with Gasteiger partial charge in [-0.25, -0.2) is 0 Å². The molecule has 0 saturated heterocycles. The van der Waals surface area contributed by atoms with Crippen molar-refractivity contribution in [2.75, 3.05) is 19.6 Å². The van der Waals surface area contributed by atoms with Crippen molar-refractivity contribution in [3.63, 3.8) is 0 Å². The average Bonchev–Trinajstić information content (AvgIpc) is 2.39. The third-order valence-corrected chi connectivity index (χ3v) is 17.9. The van der Waals surface area contributed by atoms with Gasteiger partial charge in [0.05, 0.1) is 51.5 Å². The first-order chi connectivity index (χ1) is 40.3. The highest BCUT2D eigenvalue weighted by atomic mass is 15.3. The van der Waals surface area contributed by atoms with Crippen LogP contribution in [0.25, 0.3) is 39.6 Å². The molecular formula is C78H62N4. The Morgan fingerprint density at radius 2 is 0.939 bits per heavy atom. The zero-order valence-electron chi connectivity index (χ0n) is 46.5. The number of para-hydroxylation sites is 10. The van der Waals surface area contributed by atoms with Crippen LogP contribution in [0.2, 0.25) is 0 Å². The van der Waals surface area contributed by atoms with Gasteiger partial charge in [-0.2, -0.15) is 0 Å². The van der Waals surface area contributed by atoms with Crippen LogP contribution in [-0.4, -0.2) is 6.04 Å². The van der Waals surface area contributed by atoms with Crippen molar-refractivity contribution in [1.82, 2.24) is 0 Å². The molecule has 15 rings (SSSR count). The molecule has 4 nitrogen and oxygen atoms in total. The maximum Gasteiger partial charge on any atom is 0.0703 e. The summed E-state index contributed by atoms with van der Waals surface area (Å²) in [6.07, 6.45) is 19.7. The lowest BCUT2D eigenvalue weighted by molar-refractivity contribution is 0.442. The fourth-order valence-corrected chi connectivity index (χ4v) is 13.8. The van der Waals surface area contributed by atoms with Crippen molar-refractivity contribution < 1.29 is 0 Å². The van der Waals surface area contributed by atoms with Gasteiger partial charge in [0.2, 0.25) is 0 Å². The highest BCUT2D eigenvalue weighted by Gasteiger charge is 2.39. The zero-order chi connectivity index (χ0) is 55.1. The molecule has 2 aliphatic heterocycles. The molecule has 10 aromatic carbocycles. The SMILES string of the molecule is C=C1/C(=C\C(=C/C)c2ccc3cc(/C=C/c4ccc5c(c4)C(C)(C)c4cc(N6c7ccccc7N(c7ccccc7)c7ccccc76)ccc4-5)ccc3c2)C=CC2CC(N3c4ccccc4N(c4ccccc4)c4ccccc43)C=CC12. The van der Waals surface area contributed by atoms with Crippen LogP contribution >= 0.6 is 0 Å². The predicted molar refractivity (Wildman–Crippen MR) is 348 cm³/mol. The van der Waals surface area contributed by atoms with Gasteiger partial charge in [-0.1, -0.05) is 196 Å². The van der Waals surface area contributed by atoms with Crippen LogP contribution in [0, 0.1) is 11.8 Å². The van der Waals surface area contributed by atoms with Gasteiger partial charge in [0.15, 0.2) is 0 Å². The molecule has 0 N–H and O–H groups in total. The van der Waals surface area contributed by atoms with E-state index in [4.69, 9.17) is 6.58 Å². The lowest BCUT2D eigenvalue weighted by Crippen LogP contribution is -2.39. The number of rotatable bonds is 8. The number of hydrogen-bond acceptors (Lipinski definition) is 4. The topological polar surface area (TPSA) is 13.0 Å². The number of fused-ring (bicyclic) bond motifs is 9. The summed E-state index contributed by atoms with van der Waals surface area (Å²) in [5, 5.41) is 2.45. The van der Waals surface area contributed by atoms with E-state index in [9.17, 15) is 0 Å². The molecular weight excluding hydrogens is 993 g/mol. The molecule has 0 fully saturated rings. The first-order valence-electron chi connectivity index (χ1n) is 28.9. The van der Waals surface area contributed by atoms with Crippen molar-refractivity contribution in [1.29, 1.82) is 0 Å². The van der Waals surface area contributed by atoms with E-state index in [1.165, 1.54) is 89.2 Å². The zero-order valence-corrected chi connectivity index (χ0v) is 46.5. The highest BCUT2D eigenvalue weighted by Crippen LogP contribution is 2.57. The van der Waals surface area contributed by atoms with E-state index < -0.39 is 0 Å². The molecule has 2 heterocycles. The monoisotopic (exact) mass is 1050 g/mol. The van der Waals surface area contributed by atoms with E-state index in [1.807, 2.05) is 0 Å². The second-order valence-corrected chi connectivity index (χ2v) is 22.9. The van der Waals surface area contributed by atoms with Gasteiger partial charge in [0.1, 0.15) is 0 Å². The van der Waals surface area contributed by atoms with Crippen LogP contribution in [0.4, 0.5) is 62.6 Å². The van der Waals surface area contributed by atoms with Gasteiger partial charge < -0.3 is 19.6 Å². The Labute approximate surface area is 482 Å². The molecule has 0 saturated carbocycles. The largest absolute Gasteiger partial charge is 0.331 e. The van der Waals surface area contributed by atoms with Gasteiger partial charge in [-0.3, -0.25) is 0 Å². The molecule has 0 amide bonds. The Kier molecular flexibility index (Phi) is 11.8. The molecule has 3 aliphatic carbocycles. The average molecular weight is 1060 g/mol. The Balaban J connectivity index is 0.648. The van der Waals surface area contributed by atoms with E-state index >= 15 is 0 Å². The fourth-order valence-electron chi connectivity index (χ4n) is 13.8. The lowest BCUT2D eigenvalue weighted by Gasteiger charge is -2.45. The normalized spacial score (nSPS) is 18.7. The van der Waals surface area contributed by atoms with Crippen molar-refractivity contribution in [2.24, 2.45) is 11.8 Å². The smallest absolute Gasteiger partial charge is 0.0703 e. The van der Waals surface area contributed by atoms with Crippen LogP contribution in [0.15, 0.2) is 285 Å². The van der Waals surface area contributed by atoms with Crippen molar-refractivity contribution >= 4 is 91.1 Å². The first-order valence-corrected chi connectivity index (χ1v) is 28.9. The van der Waals surface area contributed by atoms with Gasteiger partial charge in [-0.15, -0.1) is 0 Å². The van der Waals surface area contributed by atoms with Crippen LogP contribution in [-0.2, 0) is 5.41 Å². The summed E-state index contributed by atoms with van der Waals surface area (Å²) < 4.78 is 0. The van der Waals surface area contributed by atoms with E-state index in [0.717, 1.165) is 46.2 Å².